The average molecular weight is 362 g/mol. The highest BCUT2D eigenvalue weighted by Gasteiger charge is 2.23. The summed E-state index contributed by atoms with van der Waals surface area (Å²) in [7, 11) is 3.20. The Balaban J connectivity index is 2.46. The summed E-state index contributed by atoms with van der Waals surface area (Å²) in [6, 6.07) is 5.64. The molecular formula is C19H26N2O3S. The van der Waals surface area contributed by atoms with Gasteiger partial charge in [0.05, 0.1) is 24.8 Å². The van der Waals surface area contributed by atoms with Crippen LogP contribution in [-0.4, -0.2) is 38.1 Å². The van der Waals surface area contributed by atoms with E-state index in [1.165, 1.54) is 11.3 Å². The second kappa shape index (κ2) is 8.76. The Hall–Kier alpha value is -2.21. The van der Waals surface area contributed by atoms with Crippen LogP contribution in [0.4, 0.5) is 5.00 Å². The van der Waals surface area contributed by atoms with Crippen molar-refractivity contribution in [2.75, 3.05) is 33.0 Å². The number of ether oxygens (including phenoxy) is 2. The Bertz CT molecular complexity index is 721. The molecule has 0 radical (unpaired) electrons. The number of amides is 1. The lowest BCUT2D eigenvalue weighted by Gasteiger charge is -2.22. The highest BCUT2D eigenvalue weighted by atomic mass is 32.1. The largest absolute Gasteiger partial charge is 0.493 e. The van der Waals surface area contributed by atoms with E-state index in [2.05, 4.69) is 13.8 Å². The number of benzene rings is 1. The molecule has 1 aromatic heterocycles. The second-order valence-corrected chi connectivity index (χ2v) is 6.66. The highest BCUT2D eigenvalue weighted by Crippen LogP contribution is 2.38. The standard InChI is InChI=1S/C19H26N2O3S/c1-5-9-21(10-6-2)19(22)17-14(12-25-18(17)20)13-7-8-15(23-3)16(11-13)24-4/h7-8,11-12H,5-6,9-10,20H2,1-4H3. The maximum atomic E-state index is 13.1. The maximum absolute atomic E-state index is 13.1. The van der Waals surface area contributed by atoms with Gasteiger partial charge in [0.15, 0.2) is 11.5 Å². The zero-order valence-electron chi connectivity index (χ0n) is 15.3. The molecule has 0 saturated carbocycles. The number of nitrogens with zero attached hydrogens (tertiary/aromatic N) is 1. The van der Waals surface area contributed by atoms with Crippen molar-refractivity contribution in [3.05, 3.63) is 29.1 Å². The number of carbonyl (C=O) groups excluding carboxylic acids is 1. The number of nitrogens with two attached hydrogens (primary N) is 1. The number of rotatable bonds is 8. The summed E-state index contributed by atoms with van der Waals surface area (Å²) in [6.07, 6.45) is 1.84. The molecular weight excluding hydrogens is 336 g/mol. The molecule has 0 aliphatic carbocycles. The minimum Gasteiger partial charge on any atom is -0.493 e. The topological polar surface area (TPSA) is 64.8 Å². The van der Waals surface area contributed by atoms with Crippen LogP contribution in [0.2, 0.25) is 0 Å². The first-order valence-corrected chi connectivity index (χ1v) is 9.33. The summed E-state index contributed by atoms with van der Waals surface area (Å²) >= 11 is 1.39. The molecule has 1 amide bonds. The maximum Gasteiger partial charge on any atom is 0.257 e. The summed E-state index contributed by atoms with van der Waals surface area (Å²) in [5, 5.41) is 2.48. The SMILES string of the molecule is CCCN(CCC)C(=O)c1c(-c2ccc(OC)c(OC)c2)csc1N. The van der Waals surface area contributed by atoms with E-state index >= 15 is 0 Å². The van der Waals surface area contributed by atoms with E-state index in [0.29, 0.717) is 22.1 Å². The number of thiophene rings is 1. The van der Waals surface area contributed by atoms with Crippen molar-refractivity contribution in [2.24, 2.45) is 0 Å². The van der Waals surface area contributed by atoms with Gasteiger partial charge in [-0.05, 0) is 30.5 Å². The predicted octanol–water partition coefficient (Wildman–Crippen LogP) is 4.28. The average Bonchev–Trinajstić information content (AvgIpc) is 3.01. The Morgan fingerprint density at radius 1 is 1.12 bits per heavy atom. The minimum absolute atomic E-state index is 0.00719. The summed E-state index contributed by atoms with van der Waals surface area (Å²) in [4.78, 5) is 15.0. The monoisotopic (exact) mass is 362 g/mol. The molecule has 2 aromatic rings. The van der Waals surface area contributed by atoms with Gasteiger partial charge in [0.25, 0.3) is 5.91 Å². The van der Waals surface area contributed by atoms with E-state index in [-0.39, 0.29) is 5.91 Å². The fourth-order valence-electron chi connectivity index (χ4n) is 2.82. The molecule has 136 valence electrons. The lowest BCUT2D eigenvalue weighted by atomic mass is 10.0. The quantitative estimate of drug-likeness (QED) is 0.761. The van der Waals surface area contributed by atoms with Gasteiger partial charge >= 0.3 is 0 Å². The van der Waals surface area contributed by atoms with Crippen molar-refractivity contribution in [3.8, 4) is 22.6 Å². The molecule has 0 fully saturated rings. The first-order valence-electron chi connectivity index (χ1n) is 8.45. The van der Waals surface area contributed by atoms with Crippen LogP contribution in [0, 0.1) is 0 Å². The van der Waals surface area contributed by atoms with Crippen LogP contribution in [0.15, 0.2) is 23.6 Å². The van der Waals surface area contributed by atoms with Crippen molar-refractivity contribution < 1.29 is 14.3 Å². The summed E-state index contributed by atoms with van der Waals surface area (Å²) < 4.78 is 10.7. The molecule has 1 aromatic carbocycles. The molecule has 0 aliphatic rings. The first-order chi connectivity index (χ1) is 12.1. The van der Waals surface area contributed by atoms with Gasteiger partial charge in [-0.3, -0.25) is 4.79 Å². The van der Waals surface area contributed by atoms with E-state index in [0.717, 1.165) is 37.1 Å². The lowest BCUT2D eigenvalue weighted by Crippen LogP contribution is -2.33. The first kappa shape index (κ1) is 19.1. The molecule has 0 spiro atoms. The van der Waals surface area contributed by atoms with Crippen LogP contribution in [-0.2, 0) is 0 Å². The van der Waals surface area contributed by atoms with Gasteiger partial charge < -0.3 is 20.1 Å². The number of nitrogen functional groups attached to an aromatic ring is 1. The molecule has 0 bridgehead atoms. The van der Waals surface area contributed by atoms with Gasteiger partial charge in [0, 0.05) is 24.0 Å². The van der Waals surface area contributed by atoms with Crippen LogP contribution in [0.1, 0.15) is 37.0 Å². The fourth-order valence-corrected chi connectivity index (χ4v) is 3.64. The smallest absolute Gasteiger partial charge is 0.257 e. The highest BCUT2D eigenvalue weighted by molar-refractivity contribution is 7.15. The van der Waals surface area contributed by atoms with Gasteiger partial charge in [-0.2, -0.15) is 0 Å². The third-order valence-corrected chi connectivity index (χ3v) is 4.81. The summed E-state index contributed by atoms with van der Waals surface area (Å²) in [5.74, 6) is 1.27. The predicted molar refractivity (Wildman–Crippen MR) is 104 cm³/mol. The molecule has 2 N–H and O–H groups in total. The number of carbonyl (C=O) groups is 1. The molecule has 25 heavy (non-hydrogen) atoms. The normalized spacial score (nSPS) is 10.6. The number of hydrogen-bond donors (Lipinski definition) is 1. The van der Waals surface area contributed by atoms with E-state index in [1.54, 1.807) is 14.2 Å². The molecule has 6 heteroatoms. The molecule has 5 nitrogen and oxygen atoms in total. The van der Waals surface area contributed by atoms with Crippen molar-refractivity contribution >= 4 is 22.2 Å². The molecule has 2 rings (SSSR count). The zero-order chi connectivity index (χ0) is 18.4. The van der Waals surface area contributed by atoms with Gasteiger partial charge in [0.1, 0.15) is 0 Å². The van der Waals surface area contributed by atoms with Gasteiger partial charge in [-0.25, -0.2) is 0 Å². The fraction of sp³-hybridized carbons (Fsp3) is 0.421. The van der Waals surface area contributed by atoms with Crippen LogP contribution >= 0.6 is 11.3 Å². The summed E-state index contributed by atoms with van der Waals surface area (Å²) in [5.41, 5.74) is 8.46. The van der Waals surface area contributed by atoms with E-state index < -0.39 is 0 Å². The molecule has 0 saturated heterocycles. The Morgan fingerprint density at radius 3 is 2.32 bits per heavy atom. The molecule has 1 heterocycles. The molecule has 0 aliphatic heterocycles. The molecule has 0 atom stereocenters. The minimum atomic E-state index is -0.00719. The Morgan fingerprint density at radius 2 is 1.76 bits per heavy atom. The van der Waals surface area contributed by atoms with E-state index in [1.807, 2.05) is 28.5 Å². The van der Waals surface area contributed by atoms with Crippen LogP contribution in [0.3, 0.4) is 0 Å². The summed E-state index contributed by atoms with van der Waals surface area (Å²) in [6.45, 7) is 5.60. The van der Waals surface area contributed by atoms with Crippen LogP contribution in [0.25, 0.3) is 11.1 Å². The number of hydrogen-bond acceptors (Lipinski definition) is 5. The lowest BCUT2D eigenvalue weighted by molar-refractivity contribution is 0.0758. The van der Waals surface area contributed by atoms with Gasteiger partial charge in [-0.15, -0.1) is 11.3 Å². The number of anilines is 1. The third-order valence-electron chi connectivity index (χ3n) is 4.00. The van der Waals surface area contributed by atoms with Crippen molar-refractivity contribution in [3.63, 3.8) is 0 Å². The van der Waals surface area contributed by atoms with Crippen molar-refractivity contribution in [1.82, 2.24) is 4.90 Å². The zero-order valence-corrected chi connectivity index (χ0v) is 16.1. The van der Waals surface area contributed by atoms with Gasteiger partial charge in [-0.1, -0.05) is 19.9 Å². The second-order valence-electron chi connectivity index (χ2n) is 5.75. The van der Waals surface area contributed by atoms with Crippen LogP contribution < -0.4 is 15.2 Å². The Labute approximate surface area is 153 Å². The van der Waals surface area contributed by atoms with E-state index in [9.17, 15) is 4.79 Å². The number of methoxy groups -OCH3 is 2. The van der Waals surface area contributed by atoms with Crippen molar-refractivity contribution in [2.45, 2.75) is 26.7 Å². The van der Waals surface area contributed by atoms with Crippen LogP contribution in [0.5, 0.6) is 11.5 Å². The Kier molecular flexibility index (Phi) is 6.70. The van der Waals surface area contributed by atoms with Crippen molar-refractivity contribution in [1.29, 1.82) is 0 Å². The third kappa shape index (κ3) is 4.07. The molecule has 0 unspecified atom stereocenters. The van der Waals surface area contributed by atoms with E-state index in [4.69, 9.17) is 15.2 Å². The van der Waals surface area contributed by atoms with Gasteiger partial charge in [0.2, 0.25) is 0 Å².